The van der Waals surface area contributed by atoms with Crippen LogP contribution in [0.2, 0.25) is 0 Å². The number of aliphatic hydroxyl groups is 3. The summed E-state index contributed by atoms with van der Waals surface area (Å²) in [7, 11) is 1.50. The number of Topliss-reactive ketones (excluding diaryl/α,β-unsaturated/α-hetero) is 1. The predicted octanol–water partition coefficient (Wildman–Crippen LogP) is 0.478. The third-order valence-corrected chi connectivity index (χ3v) is 9.30. The van der Waals surface area contributed by atoms with E-state index >= 15 is 0 Å². The molecule has 2 aliphatic heterocycles. The Balaban J connectivity index is 1.42. The second-order valence-electron chi connectivity index (χ2n) is 11.9. The maximum atomic E-state index is 14.8. The number of ketones is 3. The average Bonchev–Trinajstić information content (AvgIpc) is 3.02. The maximum Gasteiger partial charge on any atom is 0.201 e. The molecular formula is C31H34FNO12. The van der Waals surface area contributed by atoms with E-state index in [9.17, 15) is 44.3 Å². The summed E-state index contributed by atoms with van der Waals surface area (Å²) >= 11 is 0. The summed E-state index contributed by atoms with van der Waals surface area (Å²) in [5.41, 5.74) is -4.85. The summed E-state index contributed by atoms with van der Waals surface area (Å²) in [6.07, 6.45) is -5.76. The first kappa shape index (κ1) is 31.6. The summed E-state index contributed by atoms with van der Waals surface area (Å²) in [5.74, 6) is -5.52. The number of aromatic hydroxyl groups is 2. The van der Waals surface area contributed by atoms with Gasteiger partial charge in [0, 0.05) is 62.2 Å². The fourth-order valence-corrected chi connectivity index (χ4v) is 6.96. The Labute approximate surface area is 256 Å². The van der Waals surface area contributed by atoms with Crippen LogP contribution in [-0.2, 0) is 30.2 Å². The van der Waals surface area contributed by atoms with Crippen LogP contribution in [0.3, 0.4) is 0 Å². The first-order valence-corrected chi connectivity index (χ1v) is 14.6. The number of rotatable bonds is 6. The number of benzene rings is 2. The molecule has 2 fully saturated rings. The smallest absolute Gasteiger partial charge is 0.201 e. The van der Waals surface area contributed by atoms with Crippen LogP contribution in [0.25, 0.3) is 0 Å². The molecule has 2 saturated heterocycles. The van der Waals surface area contributed by atoms with Gasteiger partial charge in [0.1, 0.15) is 29.5 Å². The third kappa shape index (κ3) is 5.15. The molecule has 4 aliphatic rings. The lowest BCUT2D eigenvalue weighted by molar-refractivity contribution is -0.266. The van der Waals surface area contributed by atoms with Crippen molar-refractivity contribution in [3.63, 3.8) is 0 Å². The second kappa shape index (κ2) is 11.8. The Kier molecular flexibility index (Phi) is 8.29. The zero-order valence-electron chi connectivity index (χ0n) is 24.6. The molecule has 13 nitrogen and oxygen atoms in total. The van der Waals surface area contributed by atoms with Crippen LogP contribution in [0.1, 0.15) is 68.8 Å². The first-order chi connectivity index (χ1) is 21.4. The van der Waals surface area contributed by atoms with E-state index in [4.69, 9.17) is 18.9 Å². The van der Waals surface area contributed by atoms with Crippen LogP contribution in [-0.4, -0.2) is 118 Å². The first-order valence-electron chi connectivity index (χ1n) is 14.6. The van der Waals surface area contributed by atoms with Gasteiger partial charge in [-0.05, 0) is 13.0 Å². The summed E-state index contributed by atoms with van der Waals surface area (Å²) in [6.45, 7) is 1.77. The van der Waals surface area contributed by atoms with Gasteiger partial charge in [-0.2, -0.15) is 0 Å². The van der Waals surface area contributed by atoms with E-state index in [0.717, 1.165) is 6.07 Å². The van der Waals surface area contributed by atoms with Gasteiger partial charge in [-0.25, -0.2) is 4.39 Å². The zero-order valence-corrected chi connectivity index (χ0v) is 24.6. The van der Waals surface area contributed by atoms with Gasteiger partial charge in [-0.15, -0.1) is 0 Å². The van der Waals surface area contributed by atoms with Crippen LogP contribution in [0.4, 0.5) is 4.39 Å². The number of aliphatic hydroxyl groups excluding tert-OH is 2. The highest BCUT2D eigenvalue weighted by Crippen LogP contribution is 2.52. The summed E-state index contributed by atoms with van der Waals surface area (Å²) in [5, 5.41) is 55.1. The molecule has 0 radical (unpaired) electrons. The highest BCUT2D eigenvalue weighted by atomic mass is 19.1. The largest absolute Gasteiger partial charge is 0.507 e. The lowest BCUT2D eigenvalue weighted by atomic mass is 9.72. The van der Waals surface area contributed by atoms with Crippen LogP contribution >= 0.6 is 0 Å². The monoisotopic (exact) mass is 631 g/mol. The number of methoxy groups -OCH3 is 1. The SMILES string of the molecule is CO[C@@H]1CN([C@H]2C[C@H](O[C@H]3C[C@](O)(C(=O)CO)Cc4c(O)c5c(c(O)c43)C(=O)c3c(F)cccc3C5=O)O[C@@H](C)[C@H]2O)CCO1. The molecule has 5 N–H and O–H groups in total. The number of ether oxygens (including phenoxy) is 4. The van der Waals surface area contributed by atoms with Crippen molar-refractivity contribution in [2.75, 3.05) is 33.4 Å². The van der Waals surface area contributed by atoms with Gasteiger partial charge in [-0.3, -0.25) is 19.3 Å². The standard InChI is InChI=1S/C31H34FNO12/c1-13-26(36)17(33-6-7-43-21(11-33)42-2)8-20(44-13)45-18-10-31(41,19(35)12-34)9-15-23(18)30(40)25-24(28(15)38)27(37)14-4-3-5-16(32)22(14)29(25)39/h3-5,13,17-18,20-21,26,34,36,38,40-41H,6-12H2,1-2H3/t13-,17-,18-,20-,21-,26+,31-/m0/s1. The Morgan fingerprint density at radius 1 is 1.13 bits per heavy atom. The number of phenolic OH excluding ortho intramolecular Hbond substituents is 2. The molecule has 45 heavy (non-hydrogen) atoms. The molecule has 7 atom stereocenters. The minimum Gasteiger partial charge on any atom is -0.507 e. The molecule has 2 aromatic carbocycles. The molecule has 6 rings (SSSR count). The number of nitrogens with zero attached hydrogens (tertiary/aromatic N) is 1. The number of carbonyl (C=O) groups is 3. The maximum absolute atomic E-state index is 14.8. The molecule has 0 unspecified atom stereocenters. The van der Waals surface area contributed by atoms with E-state index in [1.165, 1.54) is 19.2 Å². The molecule has 0 spiro atoms. The van der Waals surface area contributed by atoms with Gasteiger partial charge >= 0.3 is 0 Å². The van der Waals surface area contributed by atoms with Crippen molar-refractivity contribution in [1.29, 1.82) is 0 Å². The fraction of sp³-hybridized carbons (Fsp3) is 0.516. The van der Waals surface area contributed by atoms with Crippen molar-refractivity contribution in [2.45, 2.75) is 68.7 Å². The molecular weight excluding hydrogens is 597 g/mol. The topological polar surface area (TPSA) is 193 Å². The number of phenols is 2. The van der Waals surface area contributed by atoms with Crippen LogP contribution < -0.4 is 0 Å². The van der Waals surface area contributed by atoms with Crippen LogP contribution in [0.5, 0.6) is 11.5 Å². The van der Waals surface area contributed by atoms with E-state index in [0.29, 0.717) is 19.7 Å². The highest BCUT2D eigenvalue weighted by Gasteiger charge is 2.50. The Hall–Kier alpha value is -3.34. The molecule has 2 heterocycles. The van der Waals surface area contributed by atoms with Crippen molar-refractivity contribution >= 4 is 17.3 Å². The molecule has 0 aromatic heterocycles. The van der Waals surface area contributed by atoms with Gasteiger partial charge in [-0.1, -0.05) is 12.1 Å². The highest BCUT2D eigenvalue weighted by molar-refractivity contribution is 6.30. The molecule has 0 amide bonds. The van der Waals surface area contributed by atoms with Crippen molar-refractivity contribution in [2.24, 2.45) is 0 Å². The lowest BCUT2D eigenvalue weighted by Gasteiger charge is -2.47. The molecule has 14 heteroatoms. The van der Waals surface area contributed by atoms with Gasteiger partial charge in [0.25, 0.3) is 0 Å². The number of morpholine rings is 1. The van der Waals surface area contributed by atoms with Gasteiger partial charge in [0.15, 0.2) is 24.1 Å². The van der Waals surface area contributed by atoms with E-state index in [2.05, 4.69) is 0 Å². The average molecular weight is 632 g/mol. The summed E-state index contributed by atoms with van der Waals surface area (Å²) in [4.78, 5) is 41.8. The number of hydrogen-bond donors (Lipinski definition) is 5. The Bertz CT molecular complexity index is 1560. The molecule has 0 saturated carbocycles. The normalized spacial score (nSPS) is 31.7. The fourth-order valence-electron chi connectivity index (χ4n) is 6.96. The quantitative estimate of drug-likeness (QED) is 0.236. The van der Waals surface area contributed by atoms with E-state index < -0.39 is 113 Å². The van der Waals surface area contributed by atoms with Crippen molar-refractivity contribution in [1.82, 2.24) is 4.90 Å². The molecule has 2 aliphatic carbocycles. The second-order valence-corrected chi connectivity index (χ2v) is 11.9. The Morgan fingerprint density at radius 3 is 2.58 bits per heavy atom. The number of fused-ring (bicyclic) bond motifs is 3. The number of hydrogen-bond acceptors (Lipinski definition) is 13. The van der Waals surface area contributed by atoms with Crippen molar-refractivity contribution < 1.29 is 63.3 Å². The van der Waals surface area contributed by atoms with Crippen molar-refractivity contribution in [3.05, 3.63) is 57.4 Å². The predicted molar refractivity (Wildman–Crippen MR) is 149 cm³/mol. The minimum atomic E-state index is -2.30. The van der Waals surface area contributed by atoms with E-state index in [-0.39, 0.29) is 23.1 Å². The molecule has 242 valence electrons. The zero-order chi connectivity index (χ0) is 32.4. The summed E-state index contributed by atoms with van der Waals surface area (Å²) < 4.78 is 37.9. The van der Waals surface area contributed by atoms with Crippen LogP contribution in [0, 0.1) is 5.82 Å². The Morgan fingerprint density at radius 2 is 1.87 bits per heavy atom. The number of carbonyl (C=O) groups excluding carboxylic acids is 3. The molecule has 0 bridgehead atoms. The van der Waals surface area contributed by atoms with Crippen LogP contribution in [0.15, 0.2) is 18.2 Å². The van der Waals surface area contributed by atoms with E-state index in [1.54, 1.807) is 6.92 Å². The minimum absolute atomic E-state index is 0.0911. The van der Waals surface area contributed by atoms with Gasteiger partial charge < -0.3 is 44.5 Å². The van der Waals surface area contributed by atoms with Crippen molar-refractivity contribution in [3.8, 4) is 11.5 Å². The molecule has 2 aromatic rings. The van der Waals surface area contributed by atoms with E-state index in [1.807, 2.05) is 4.90 Å². The van der Waals surface area contributed by atoms with Gasteiger partial charge in [0.2, 0.25) is 5.78 Å². The summed E-state index contributed by atoms with van der Waals surface area (Å²) in [6, 6.07) is 2.94. The number of halogens is 1. The lowest BCUT2D eigenvalue weighted by Crippen LogP contribution is -2.59. The third-order valence-electron chi connectivity index (χ3n) is 9.30. The van der Waals surface area contributed by atoms with Gasteiger partial charge in [0.05, 0.1) is 41.6 Å².